The van der Waals surface area contributed by atoms with E-state index in [0.29, 0.717) is 6.54 Å². The van der Waals surface area contributed by atoms with Gasteiger partial charge in [-0.1, -0.05) is 6.07 Å². The Hall–Kier alpha value is -0.940. The van der Waals surface area contributed by atoms with Gasteiger partial charge in [0, 0.05) is 17.5 Å². The Morgan fingerprint density at radius 3 is 2.75 bits per heavy atom. The number of nitrogens with one attached hydrogen (secondary N) is 1. The molecular weight excluding hydrogens is 296 g/mol. The zero-order valence-electron chi connectivity index (χ0n) is 8.14. The summed E-state index contributed by atoms with van der Waals surface area (Å²) in [7, 11) is 0. The molecule has 0 radical (unpaired) electrons. The molecule has 2 aromatic rings. The average molecular weight is 304 g/mol. The molecule has 1 aromatic heterocycles. The van der Waals surface area contributed by atoms with E-state index in [1.807, 2.05) is 17.5 Å². The van der Waals surface area contributed by atoms with Crippen molar-refractivity contribution in [2.75, 3.05) is 5.32 Å². The molecular formula is C11H8BrF2NS. The van der Waals surface area contributed by atoms with Gasteiger partial charge in [-0.3, -0.25) is 0 Å². The highest BCUT2D eigenvalue weighted by atomic mass is 79.9. The smallest absolute Gasteiger partial charge is 0.147 e. The van der Waals surface area contributed by atoms with Gasteiger partial charge >= 0.3 is 0 Å². The molecule has 0 aliphatic rings. The molecule has 0 fully saturated rings. The third-order valence-electron chi connectivity index (χ3n) is 2.04. The summed E-state index contributed by atoms with van der Waals surface area (Å²) in [5, 5.41) is 4.80. The summed E-state index contributed by atoms with van der Waals surface area (Å²) in [4.78, 5) is 1.07. The Morgan fingerprint density at radius 1 is 1.25 bits per heavy atom. The number of thiophene rings is 1. The fourth-order valence-electron chi connectivity index (χ4n) is 1.25. The van der Waals surface area contributed by atoms with Crippen LogP contribution in [0.3, 0.4) is 0 Å². The monoisotopic (exact) mass is 303 g/mol. The number of hydrogen-bond acceptors (Lipinski definition) is 2. The van der Waals surface area contributed by atoms with Gasteiger partial charge in [-0.2, -0.15) is 0 Å². The average Bonchev–Trinajstić information content (AvgIpc) is 2.74. The van der Waals surface area contributed by atoms with E-state index in [9.17, 15) is 8.78 Å². The second-order valence-electron chi connectivity index (χ2n) is 3.18. The number of rotatable bonds is 3. The van der Waals surface area contributed by atoms with Gasteiger partial charge in [-0.15, -0.1) is 11.3 Å². The van der Waals surface area contributed by atoms with E-state index < -0.39 is 11.6 Å². The molecule has 0 aliphatic carbocycles. The highest BCUT2D eigenvalue weighted by molar-refractivity contribution is 9.10. The Morgan fingerprint density at radius 2 is 2.06 bits per heavy atom. The maximum absolute atomic E-state index is 13.4. The second kappa shape index (κ2) is 4.93. The van der Waals surface area contributed by atoms with E-state index in [2.05, 4.69) is 21.2 Å². The van der Waals surface area contributed by atoms with Crippen molar-refractivity contribution in [3.63, 3.8) is 0 Å². The minimum Gasteiger partial charge on any atom is -0.378 e. The van der Waals surface area contributed by atoms with E-state index in [1.165, 1.54) is 0 Å². The van der Waals surface area contributed by atoms with Crippen LogP contribution in [0.15, 0.2) is 34.1 Å². The van der Waals surface area contributed by atoms with Crippen LogP contribution in [0.2, 0.25) is 0 Å². The molecule has 5 heteroatoms. The van der Waals surface area contributed by atoms with Crippen molar-refractivity contribution < 1.29 is 8.78 Å². The molecule has 16 heavy (non-hydrogen) atoms. The highest BCUT2D eigenvalue weighted by Crippen LogP contribution is 2.24. The molecule has 0 spiro atoms. The maximum Gasteiger partial charge on any atom is 0.147 e. The minimum absolute atomic E-state index is 0.131. The van der Waals surface area contributed by atoms with Gasteiger partial charge in [0.1, 0.15) is 11.6 Å². The molecule has 2 rings (SSSR count). The van der Waals surface area contributed by atoms with Crippen molar-refractivity contribution in [2.45, 2.75) is 6.54 Å². The first-order valence-electron chi connectivity index (χ1n) is 4.57. The van der Waals surface area contributed by atoms with Gasteiger partial charge in [-0.05, 0) is 33.4 Å². The van der Waals surface area contributed by atoms with Crippen molar-refractivity contribution in [1.82, 2.24) is 0 Å². The van der Waals surface area contributed by atoms with Crippen molar-refractivity contribution in [2.24, 2.45) is 0 Å². The second-order valence-corrected chi connectivity index (χ2v) is 5.07. The maximum atomic E-state index is 13.4. The molecule has 1 N–H and O–H groups in total. The third-order valence-corrected chi connectivity index (χ3v) is 3.53. The first-order chi connectivity index (χ1) is 7.66. The minimum atomic E-state index is -0.477. The van der Waals surface area contributed by atoms with Crippen molar-refractivity contribution in [3.05, 3.63) is 50.6 Å². The summed E-state index contributed by atoms with van der Waals surface area (Å²) in [5.41, 5.74) is 0.175. The zero-order chi connectivity index (χ0) is 11.5. The van der Waals surface area contributed by atoms with Crippen LogP contribution in [0, 0.1) is 11.6 Å². The fraction of sp³-hybridized carbons (Fsp3) is 0.0909. The van der Waals surface area contributed by atoms with Crippen molar-refractivity contribution >= 4 is 33.0 Å². The SMILES string of the molecule is Fc1cc(NCc2cccs2)c(F)cc1Br. The topological polar surface area (TPSA) is 12.0 Å². The molecule has 0 bridgehead atoms. The third kappa shape index (κ3) is 2.59. The molecule has 1 aromatic carbocycles. The molecule has 0 saturated heterocycles. The molecule has 0 amide bonds. The first kappa shape index (κ1) is 11.5. The summed E-state index contributed by atoms with van der Waals surface area (Å²) in [5.74, 6) is -0.945. The van der Waals surface area contributed by atoms with Gasteiger partial charge < -0.3 is 5.32 Å². The Kier molecular flexibility index (Phi) is 3.56. The van der Waals surface area contributed by atoms with E-state index >= 15 is 0 Å². The Bertz CT molecular complexity index is 485. The van der Waals surface area contributed by atoms with E-state index in [-0.39, 0.29) is 10.2 Å². The van der Waals surface area contributed by atoms with Crippen molar-refractivity contribution in [1.29, 1.82) is 0 Å². The Labute approximate surface area is 104 Å². The fourth-order valence-corrected chi connectivity index (χ4v) is 2.21. The standard InChI is InChI=1S/C11H8BrF2NS/c12-8-4-10(14)11(5-9(8)13)15-6-7-2-1-3-16-7/h1-5,15H,6H2. The predicted octanol–water partition coefficient (Wildman–Crippen LogP) is 4.40. The van der Waals surface area contributed by atoms with Gasteiger partial charge in [0.05, 0.1) is 10.2 Å². The van der Waals surface area contributed by atoms with Crippen LogP contribution in [0.4, 0.5) is 14.5 Å². The van der Waals surface area contributed by atoms with Gasteiger partial charge in [0.15, 0.2) is 0 Å². The van der Waals surface area contributed by atoms with Crippen LogP contribution in [0.5, 0.6) is 0 Å². The van der Waals surface area contributed by atoms with E-state index in [0.717, 1.165) is 17.0 Å². The molecule has 0 aliphatic heterocycles. The molecule has 1 heterocycles. The summed E-state index contributed by atoms with van der Waals surface area (Å²) < 4.78 is 26.7. The van der Waals surface area contributed by atoms with Crippen LogP contribution < -0.4 is 5.32 Å². The van der Waals surface area contributed by atoms with Crippen LogP contribution in [-0.2, 0) is 6.54 Å². The van der Waals surface area contributed by atoms with Gasteiger partial charge in [0.2, 0.25) is 0 Å². The molecule has 0 unspecified atom stereocenters. The predicted molar refractivity (Wildman–Crippen MR) is 65.7 cm³/mol. The van der Waals surface area contributed by atoms with Crippen LogP contribution in [0.1, 0.15) is 4.88 Å². The van der Waals surface area contributed by atoms with Gasteiger partial charge in [0.25, 0.3) is 0 Å². The number of halogens is 3. The molecule has 1 nitrogen and oxygen atoms in total. The summed E-state index contributed by atoms with van der Waals surface area (Å²) in [6, 6.07) is 6.12. The molecule has 84 valence electrons. The van der Waals surface area contributed by atoms with Crippen molar-refractivity contribution in [3.8, 4) is 0 Å². The van der Waals surface area contributed by atoms with Crippen LogP contribution in [0.25, 0.3) is 0 Å². The first-order valence-corrected chi connectivity index (χ1v) is 6.25. The lowest BCUT2D eigenvalue weighted by atomic mass is 10.3. The highest BCUT2D eigenvalue weighted by Gasteiger charge is 2.07. The van der Waals surface area contributed by atoms with Crippen LogP contribution >= 0.6 is 27.3 Å². The number of anilines is 1. The zero-order valence-corrected chi connectivity index (χ0v) is 10.5. The van der Waals surface area contributed by atoms with Crippen LogP contribution in [-0.4, -0.2) is 0 Å². The molecule has 0 saturated carbocycles. The quantitative estimate of drug-likeness (QED) is 0.829. The number of benzene rings is 1. The lowest BCUT2D eigenvalue weighted by Crippen LogP contribution is -2.00. The summed E-state index contributed by atoms with van der Waals surface area (Å²) in [6.45, 7) is 0.496. The Balaban J connectivity index is 2.12. The largest absolute Gasteiger partial charge is 0.378 e. The number of hydrogen-bond donors (Lipinski definition) is 1. The molecule has 0 atom stereocenters. The van der Waals surface area contributed by atoms with E-state index in [1.54, 1.807) is 11.3 Å². The lowest BCUT2D eigenvalue weighted by Gasteiger charge is -2.07. The summed E-state index contributed by atoms with van der Waals surface area (Å²) in [6.07, 6.45) is 0. The normalized spacial score (nSPS) is 10.4. The summed E-state index contributed by atoms with van der Waals surface area (Å²) >= 11 is 4.50. The van der Waals surface area contributed by atoms with Gasteiger partial charge in [-0.25, -0.2) is 8.78 Å². The van der Waals surface area contributed by atoms with E-state index in [4.69, 9.17) is 0 Å². The lowest BCUT2D eigenvalue weighted by molar-refractivity contribution is 0.596.